The van der Waals surface area contributed by atoms with E-state index in [1.54, 1.807) is 12.1 Å². The molecule has 0 saturated carbocycles. The van der Waals surface area contributed by atoms with Gasteiger partial charge in [0.15, 0.2) is 0 Å². The maximum absolute atomic E-state index is 11.9. The molecular weight excluding hydrogens is 286 g/mol. The summed E-state index contributed by atoms with van der Waals surface area (Å²) in [6.07, 6.45) is 1.03. The number of alkyl halides is 1. The van der Waals surface area contributed by atoms with E-state index in [0.29, 0.717) is 9.16 Å². The lowest BCUT2D eigenvalue weighted by Gasteiger charge is -2.13. The third kappa shape index (κ3) is 2.12. The van der Waals surface area contributed by atoms with Crippen LogP contribution in [0.15, 0.2) is 12.1 Å². The van der Waals surface area contributed by atoms with Crippen LogP contribution in [0.1, 0.15) is 16.1 Å². The van der Waals surface area contributed by atoms with Gasteiger partial charge in [-0.25, -0.2) is 0 Å². The molecule has 1 aliphatic rings. The van der Waals surface area contributed by atoms with Crippen molar-refractivity contribution in [2.24, 2.45) is 0 Å². The molecule has 5 heteroatoms. The first-order valence-electron chi connectivity index (χ1n) is 4.35. The number of thiophene rings is 1. The van der Waals surface area contributed by atoms with Gasteiger partial charge in [-0.15, -0.1) is 11.3 Å². The number of likely N-dealkylation sites (tertiary alicyclic amines) is 1. The highest BCUT2D eigenvalue weighted by Crippen LogP contribution is 2.25. The Hall–Kier alpha value is -0.0600. The molecule has 0 spiro atoms. The Bertz CT molecular complexity index is 354. The summed E-state index contributed by atoms with van der Waals surface area (Å²) in [6.45, 7) is 1.64. The molecule has 0 N–H and O–H groups in total. The predicted molar refractivity (Wildman–Crippen MR) is 62.6 cm³/mol. The van der Waals surface area contributed by atoms with Gasteiger partial charge in [0.25, 0.3) is 5.91 Å². The Morgan fingerprint density at radius 2 is 2.43 bits per heavy atom. The van der Waals surface area contributed by atoms with Gasteiger partial charge in [-0.1, -0.05) is 27.5 Å². The lowest BCUT2D eigenvalue weighted by Crippen LogP contribution is -2.27. The standard InChI is InChI=1S/C9H9BrClNOS/c10-6-3-4-12(5-6)9(13)7-1-2-8(11)14-7/h1-2,6H,3-5H2. The van der Waals surface area contributed by atoms with Crippen LogP contribution in [0.3, 0.4) is 0 Å². The van der Waals surface area contributed by atoms with Crippen LogP contribution >= 0.6 is 38.9 Å². The maximum Gasteiger partial charge on any atom is 0.264 e. The van der Waals surface area contributed by atoms with E-state index >= 15 is 0 Å². The van der Waals surface area contributed by atoms with Gasteiger partial charge in [-0.3, -0.25) is 4.79 Å². The van der Waals surface area contributed by atoms with Crippen molar-refractivity contribution in [1.82, 2.24) is 4.90 Å². The maximum atomic E-state index is 11.9. The van der Waals surface area contributed by atoms with E-state index in [0.717, 1.165) is 24.4 Å². The lowest BCUT2D eigenvalue weighted by molar-refractivity contribution is 0.0798. The molecule has 1 unspecified atom stereocenters. The number of nitrogens with zero attached hydrogens (tertiary/aromatic N) is 1. The zero-order valence-electron chi connectivity index (χ0n) is 7.37. The topological polar surface area (TPSA) is 20.3 Å². The largest absolute Gasteiger partial charge is 0.337 e. The molecule has 2 heterocycles. The van der Waals surface area contributed by atoms with Gasteiger partial charge >= 0.3 is 0 Å². The molecule has 1 amide bonds. The smallest absolute Gasteiger partial charge is 0.264 e. The van der Waals surface area contributed by atoms with E-state index in [-0.39, 0.29) is 5.91 Å². The first-order valence-corrected chi connectivity index (χ1v) is 6.46. The molecule has 1 fully saturated rings. The van der Waals surface area contributed by atoms with Gasteiger partial charge in [-0.2, -0.15) is 0 Å². The van der Waals surface area contributed by atoms with Crippen LogP contribution < -0.4 is 0 Å². The average molecular weight is 295 g/mol. The summed E-state index contributed by atoms with van der Waals surface area (Å²) in [6, 6.07) is 3.55. The predicted octanol–water partition coefficient (Wildman–Crippen LogP) is 3.01. The van der Waals surface area contributed by atoms with Crippen LogP contribution in [-0.2, 0) is 0 Å². The van der Waals surface area contributed by atoms with Crippen LogP contribution in [-0.4, -0.2) is 28.7 Å². The van der Waals surface area contributed by atoms with Gasteiger partial charge in [0.1, 0.15) is 0 Å². The minimum atomic E-state index is 0.101. The van der Waals surface area contributed by atoms with Gasteiger partial charge < -0.3 is 4.90 Å². The lowest BCUT2D eigenvalue weighted by atomic mass is 10.4. The molecule has 0 radical (unpaired) electrons. The van der Waals surface area contributed by atoms with Crippen LogP contribution in [0.25, 0.3) is 0 Å². The normalized spacial score (nSPS) is 21.6. The van der Waals surface area contributed by atoms with Crippen LogP contribution in [0, 0.1) is 0 Å². The number of halogens is 2. The number of hydrogen-bond acceptors (Lipinski definition) is 2. The molecule has 1 atom stereocenters. The van der Waals surface area contributed by atoms with Crippen molar-refractivity contribution < 1.29 is 4.79 Å². The summed E-state index contributed by atoms with van der Waals surface area (Å²) >= 11 is 10.6. The Kier molecular flexibility index (Phi) is 3.14. The Morgan fingerprint density at radius 3 is 2.93 bits per heavy atom. The molecule has 76 valence electrons. The van der Waals surface area contributed by atoms with E-state index in [1.807, 2.05) is 4.90 Å². The molecule has 0 bridgehead atoms. The SMILES string of the molecule is O=C(c1ccc(Cl)s1)N1CCC(Br)C1. The highest BCUT2D eigenvalue weighted by molar-refractivity contribution is 9.09. The number of carbonyl (C=O) groups is 1. The third-order valence-electron chi connectivity index (χ3n) is 2.20. The van der Waals surface area contributed by atoms with E-state index in [2.05, 4.69) is 15.9 Å². The van der Waals surface area contributed by atoms with Crippen molar-refractivity contribution in [3.8, 4) is 0 Å². The summed E-state index contributed by atoms with van der Waals surface area (Å²) in [5.74, 6) is 0.101. The quantitative estimate of drug-likeness (QED) is 0.729. The Morgan fingerprint density at radius 1 is 1.64 bits per heavy atom. The Labute approximate surface area is 100.0 Å². The van der Waals surface area contributed by atoms with E-state index < -0.39 is 0 Å². The molecule has 0 aliphatic carbocycles. The van der Waals surface area contributed by atoms with E-state index in [4.69, 9.17) is 11.6 Å². The summed E-state index contributed by atoms with van der Waals surface area (Å²) in [5.41, 5.74) is 0. The second-order valence-corrected chi connectivity index (χ2v) is 6.25. The number of amides is 1. The van der Waals surface area contributed by atoms with Crippen molar-refractivity contribution in [3.63, 3.8) is 0 Å². The van der Waals surface area contributed by atoms with Crippen LogP contribution in [0.5, 0.6) is 0 Å². The zero-order valence-corrected chi connectivity index (χ0v) is 10.5. The first kappa shape index (κ1) is 10.5. The van der Waals surface area contributed by atoms with Crippen molar-refractivity contribution >= 4 is 44.8 Å². The molecule has 14 heavy (non-hydrogen) atoms. The fourth-order valence-corrected chi connectivity index (χ4v) is 3.05. The third-order valence-corrected chi connectivity index (χ3v) is 4.17. The van der Waals surface area contributed by atoms with Gasteiger partial charge in [0.05, 0.1) is 9.21 Å². The zero-order chi connectivity index (χ0) is 10.1. The molecule has 1 aromatic heterocycles. The highest BCUT2D eigenvalue weighted by Gasteiger charge is 2.25. The number of hydrogen-bond donors (Lipinski definition) is 0. The van der Waals surface area contributed by atoms with E-state index in [9.17, 15) is 4.79 Å². The monoisotopic (exact) mass is 293 g/mol. The summed E-state index contributed by atoms with van der Waals surface area (Å²) in [7, 11) is 0. The molecule has 1 saturated heterocycles. The second-order valence-electron chi connectivity index (χ2n) is 3.24. The molecule has 2 rings (SSSR count). The summed E-state index contributed by atoms with van der Waals surface area (Å²) < 4.78 is 0.669. The fourth-order valence-electron chi connectivity index (χ4n) is 1.49. The minimum absolute atomic E-state index is 0.101. The average Bonchev–Trinajstić information content (AvgIpc) is 2.73. The van der Waals surface area contributed by atoms with Gasteiger partial charge in [0.2, 0.25) is 0 Å². The number of rotatable bonds is 1. The highest BCUT2D eigenvalue weighted by atomic mass is 79.9. The van der Waals surface area contributed by atoms with Crippen LogP contribution in [0.4, 0.5) is 0 Å². The Balaban J connectivity index is 2.09. The molecule has 0 aromatic carbocycles. The second kappa shape index (κ2) is 4.21. The summed E-state index contributed by atoms with van der Waals surface area (Å²) in [5, 5.41) is 0. The van der Waals surface area contributed by atoms with Crippen LogP contribution in [0.2, 0.25) is 4.34 Å². The van der Waals surface area contributed by atoms with Crippen molar-refractivity contribution in [1.29, 1.82) is 0 Å². The fraction of sp³-hybridized carbons (Fsp3) is 0.444. The van der Waals surface area contributed by atoms with Crippen molar-refractivity contribution in [2.75, 3.05) is 13.1 Å². The molecular formula is C9H9BrClNOS. The van der Waals surface area contributed by atoms with Crippen molar-refractivity contribution in [2.45, 2.75) is 11.2 Å². The van der Waals surface area contributed by atoms with E-state index in [1.165, 1.54) is 11.3 Å². The van der Waals surface area contributed by atoms with Crippen molar-refractivity contribution in [3.05, 3.63) is 21.3 Å². The first-order chi connectivity index (χ1) is 6.66. The number of carbonyl (C=O) groups excluding carboxylic acids is 1. The van der Waals surface area contributed by atoms with Gasteiger partial charge in [0, 0.05) is 17.9 Å². The molecule has 1 aromatic rings. The minimum Gasteiger partial charge on any atom is -0.337 e. The van der Waals surface area contributed by atoms with Gasteiger partial charge in [-0.05, 0) is 18.6 Å². The molecule has 1 aliphatic heterocycles. The molecule has 2 nitrogen and oxygen atoms in total. The summed E-state index contributed by atoms with van der Waals surface area (Å²) in [4.78, 5) is 14.9.